The first-order valence-electron chi connectivity index (χ1n) is 11.3. The number of urea groups is 1. The lowest BCUT2D eigenvalue weighted by Crippen LogP contribution is -2.41. The van der Waals surface area contributed by atoms with Crippen molar-refractivity contribution in [1.82, 2.24) is 10.2 Å². The molecule has 1 heterocycles. The molecule has 0 aromatic heterocycles. The fraction of sp³-hybridized carbons (Fsp3) is 0.259. The maximum atomic E-state index is 12.8. The summed E-state index contributed by atoms with van der Waals surface area (Å²) in [5.41, 5.74) is 3.30. The van der Waals surface area contributed by atoms with E-state index in [0.717, 1.165) is 29.7 Å². The standard InChI is InChI=1S/C27H28ClN3O3/c1-34-25-10-3-2-6-21(25)17-29-26(32)20-8-4-7-19(16-20)22-9-5-15-31(18-22)27(33)30-24-13-11-23(28)12-14-24/h2-4,6-8,10-14,16,22H,5,9,15,17-18H2,1H3,(H,29,32)(H,30,33). The summed E-state index contributed by atoms with van der Waals surface area (Å²) >= 11 is 5.93. The van der Waals surface area contributed by atoms with Gasteiger partial charge < -0.3 is 20.3 Å². The Morgan fingerprint density at radius 1 is 1.06 bits per heavy atom. The van der Waals surface area contributed by atoms with Crippen molar-refractivity contribution in [2.24, 2.45) is 0 Å². The molecule has 34 heavy (non-hydrogen) atoms. The molecule has 0 saturated carbocycles. The third kappa shape index (κ3) is 5.88. The van der Waals surface area contributed by atoms with Gasteiger partial charge in [0.05, 0.1) is 7.11 Å². The summed E-state index contributed by atoms with van der Waals surface area (Å²) < 4.78 is 5.36. The number of amides is 3. The molecule has 6 nitrogen and oxygen atoms in total. The Labute approximate surface area is 204 Å². The van der Waals surface area contributed by atoms with Crippen LogP contribution in [-0.4, -0.2) is 37.0 Å². The second-order valence-electron chi connectivity index (χ2n) is 8.34. The van der Waals surface area contributed by atoms with Crippen molar-refractivity contribution in [2.75, 3.05) is 25.5 Å². The number of benzene rings is 3. The number of carbonyl (C=O) groups is 2. The highest BCUT2D eigenvalue weighted by Crippen LogP contribution is 2.28. The van der Waals surface area contributed by atoms with Crippen LogP contribution >= 0.6 is 11.6 Å². The second-order valence-corrected chi connectivity index (χ2v) is 8.78. The number of methoxy groups -OCH3 is 1. The van der Waals surface area contributed by atoms with Gasteiger partial charge in [-0.1, -0.05) is 41.9 Å². The Bertz CT molecular complexity index is 1150. The summed E-state index contributed by atoms with van der Waals surface area (Å²) in [5, 5.41) is 6.54. The number of rotatable bonds is 6. The van der Waals surface area contributed by atoms with Gasteiger partial charge in [0.25, 0.3) is 5.91 Å². The van der Waals surface area contributed by atoms with Gasteiger partial charge in [-0.15, -0.1) is 0 Å². The van der Waals surface area contributed by atoms with E-state index < -0.39 is 0 Å². The number of anilines is 1. The molecule has 1 unspecified atom stereocenters. The Morgan fingerprint density at radius 3 is 2.65 bits per heavy atom. The van der Waals surface area contributed by atoms with Gasteiger partial charge in [0.2, 0.25) is 0 Å². The lowest BCUT2D eigenvalue weighted by molar-refractivity contribution is 0.0950. The van der Waals surface area contributed by atoms with E-state index in [4.69, 9.17) is 16.3 Å². The number of hydrogen-bond acceptors (Lipinski definition) is 3. The maximum absolute atomic E-state index is 12.8. The predicted molar refractivity (Wildman–Crippen MR) is 135 cm³/mol. The summed E-state index contributed by atoms with van der Waals surface area (Å²) in [6.07, 6.45) is 1.87. The molecule has 176 valence electrons. The zero-order valence-corrected chi connectivity index (χ0v) is 19.8. The molecule has 0 radical (unpaired) electrons. The molecule has 1 fully saturated rings. The van der Waals surface area contributed by atoms with Gasteiger partial charge in [-0.05, 0) is 60.9 Å². The zero-order chi connectivity index (χ0) is 23.9. The first kappa shape index (κ1) is 23.6. The number of hydrogen-bond donors (Lipinski definition) is 2. The fourth-order valence-corrected chi connectivity index (χ4v) is 4.36. The summed E-state index contributed by atoms with van der Waals surface area (Å²) in [6.45, 7) is 1.69. The molecular weight excluding hydrogens is 450 g/mol. The molecule has 3 aromatic carbocycles. The van der Waals surface area contributed by atoms with Crippen LogP contribution in [0.4, 0.5) is 10.5 Å². The van der Waals surface area contributed by atoms with Gasteiger partial charge in [-0.2, -0.15) is 0 Å². The summed E-state index contributed by atoms with van der Waals surface area (Å²) in [5.74, 6) is 0.781. The SMILES string of the molecule is COc1ccccc1CNC(=O)c1cccc(C2CCCN(C(=O)Nc3ccc(Cl)cc3)C2)c1. The highest BCUT2D eigenvalue weighted by Gasteiger charge is 2.25. The van der Waals surface area contributed by atoms with Crippen LogP contribution in [0.5, 0.6) is 5.75 Å². The van der Waals surface area contributed by atoms with Gasteiger partial charge >= 0.3 is 6.03 Å². The number of halogens is 1. The molecule has 3 aromatic rings. The van der Waals surface area contributed by atoms with Crippen LogP contribution in [0, 0.1) is 0 Å². The van der Waals surface area contributed by atoms with E-state index in [0.29, 0.717) is 35.9 Å². The molecule has 0 aliphatic carbocycles. The normalized spacial score (nSPS) is 15.5. The third-order valence-corrected chi connectivity index (χ3v) is 6.31. The van der Waals surface area contributed by atoms with Crippen molar-refractivity contribution in [3.63, 3.8) is 0 Å². The molecule has 3 amide bonds. The monoisotopic (exact) mass is 477 g/mol. The smallest absolute Gasteiger partial charge is 0.321 e. The van der Waals surface area contributed by atoms with Crippen molar-refractivity contribution < 1.29 is 14.3 Å². The minimum atomic E-state index is -0.138. The molecular formula is C27H28ClN3O3. The van der Waals surface area contributed by atoms with Gasteiger partial charge in [0, 0.05) is 47.4 Å². The number of carbonyl (C=O) groups excluding carboxylic acids is 2. The highest BCUT2D eigenvalue weighted by molar-refractivity contribution is 6.30. The van der Waals surface area contributed by atoms with E-state index >= 15 is 0 Å². The Morgan fingerprint density at radius 2 is 1.85 bits per heavy atom. The number of piperidine rings is 1. The summed E-state index contributed by atoms with van der Waals surface area (Å²) in [7, 11) is 1.62. The van der Waals surface area contributed by atoms with Gasteiger partial charge in [0.1, 0.15) is 5.75 Å². The van der Waals surface area contributed by atoms with Gasteiger partial charge in [-0.3, -0.25) is 4.79 Å². The van der Waals surface area contributed by atoms with Crippen LogP contribution < -0.4 is 15.4 Å². The molecule has 2 N–H and O–H groups in total. The summed E-state index contributed by atoms with van der Waals surface area (Å²) in [6, 6.07) is 22.3. The lowest BCUT2D eigenvalue weighted by Gasteiger charge is -2.33. The number of para-hydroxylation sites is 1. The Balaban J connectivity index is 1.38. The molecule has 1 aliphatic rings. The molecule has 4 rings (SSSR count). The number of ether oxygens (including phenoxy) is 1. The van der Waals surface area contributed by atoms with Crippen LogP contribution in [0.3, 0.4) is 0 Å². The van der Waals surface area contributed by atoms with Crippen molar-refractivity contribution in [3.05, 3.63) is 94.5 Å². The first-order chi connectivity index (χ1) is 16.5. The van der Waals surface area contributed by atoms with E-state index in [1.54, 1.807) is 31.4 Å². The van der Waals surface area contributed by atoms with E-state index in [-0.39, 0.29) is 17.9 Å². The average molecular weight is 478 g/mol. The minimum absolute atomic E-state index is 0.127. The van der Waals surface area contributed by atoms with Gasteiger partial charge in [-0.25, -0.2) is 4.79 Å². The third-order valence-electron chi connectivity index (χ3n) is 6.06. The maximum Gasteiger partial charge on any atom is 0.321 e. The topological polar surface area (TPSA) is 70.7 Å². The zero-order valence-electron chi connectivity index (χ0n) is 19.1. The van der Waals surface area contributed by atoms with Crippen LogP contribution in [0.25, 0.3) is 0 Å². The van der Waals surface area contributed by atoms with Crippen LogP contribution in [0.15, 0.2) is 72.8 Å². The van der Waals surface area contributed by atoms with Crippen LogP contribution in [-0.2, 0) is 6.54 Å². The van der Waals surface area contributed by atoms with Crippen molar-refractivity contribution in [3.8, 4) is 5.75 Å². The minimum Gasteiger partial charge on any atom is -0.496 e. The molecule has 0 bridgehead atoms. The van der Waals surface area contributed by atoms with Crippen LogP contribution in [0.1, 0.15) is 40.2 Å². The van der Waals surface area contributed by atoms with E-state index in [9.17, 15) is 9.59 Å². The Hall–Kier alpha value is -3.51. The quantitative estimate of drug-likeness (QED) is 0.479. The molecule has 1 aliphatic heterocycles. The molecule has 1 saturated heterocycles. The molecule has 0 spiro atoms. The Kier molecular flexibility index (Phi) is 7.70. The van der Waals surface area contributed by atoms with Crippen molar-refractivity contribution in [1.29, 1.82) is 0 Å². The number of nitrogens with one attached hydrogen (secondary N) is 2. The average Bonchev–Trinajstić information content (AvgIpc) is 2.89. The molecule has 7 heteroatoms. The van der Waals surface area contributed by atoms with Crippen molar-refractivity contribution >= 4 is 29.2 Å². The first-order valence-corrected chi connectivity index (χ1v) is 11.7. The number of likely N-dealkylation sites (tertiary alicyclic amines) is 1. The largest absolute Gasteiger partial charge is 0.496 e. The number of nitrogens with zero attached hydrogens (tertiary/aromatic N) is 1. The second kappa shape index (κ2) is 11.1. The van der Waals surface area contributed by atoms with E-state index in [1.165, 1.54) is 0 Å². The summed E-state index contributed by atoms with van der Waals surface area (Å²) in [4.78, 5) is 27.4. The molecule has 1 atom stereocenters. The van der Waals surface area contributed by atoms with E-state index in [1.807, 2.05) is 53.4 Å². The van der Waals surface area contributed by atoms with Crippen LogP contribution in [0.2, 0.25) is 5.02 Å². The predicted octanol–water partition coefficient (Wildman–Crippen LogP) is 5.69. The highest BCUT2D eigenvalue weighted by atomic mass is 35.5. The lowest BCUT2D eigenvalue weighted by atomic mass is 9.89. The van der Waals surface area contributed by atoms with Gasteiger partial charge in [0.15, 0.2) is 0 Å². The van der Waals surface area contributed by atoms with E-state index in [2.05, 4.69) is 10.6 Å². The van der Waals surface area contributed by atoms with Crippen molar-refractivity contribution in [2.45, 2.75) is 25.3 Å². The fourth-order valence-electron chi connectivity index (χ4n) is 4.23.